The number of ketones is 2. The average molecular weight is 470 g/mol. The first-order valence-electron chi connectivity index (χ1n) is 6.91. The van der Waals surface area contributed by atoms with Gasteiger partial charge in [-0.2, -0.15) is 0 Å². The Labute approximate surface area is 159 Å². The van der Waals surface area contributed by atoms with Gasteiger partial charge in [0.15, 0.2) is 11.5 Å². The molecule has 1 aliphatic carbocycles. The number of hydrogen-bond acceptors (Lipinski definition) is 6. The van der Waals surface area contributed by atoms with Crippen molar-refractivity contribution >= 4 is 49.7 Å². The molecule has 128 valence electrons. The van der Waals surface area contributed by atoms with Gasteiger partial charge in [0.25, 0.3) is 0 Å². The van der Waals surface area contributed by atoms with Crippen LogP contribution in [0.1, 0.15) is 42.2 Å². The molecule has 2 aromatic carbocycles. The molecule has 3 rings (SSSR count). The van der Waals surface area contributed by atoms with Crippen molar-refractivity contribution in [1.29, 1.82) is 0 Å². The van der Waals surface area contributed by atoms with E-state index in [-0.39, 0.29) is 43.8 Å². The molecule has 8 heteroatoms. The zero-order chi connectivity index (χ0) is 18.5. The Morgan fingerprint density at radius 3 is 2.12 bits per heavy atom. The molecular formula is C17H10Br2O6. The van der Waals surface area contributed by atoms with Crippen LogP contribution in [0, 0.1) is 0 Å². The number of aromatic hydroxyl groups is 1. The monoisotopic (exact) mass is 468 g/mol. The average Bonchev–Trinajstić information content (AvgIpc) is 2.59. The highest BCUT2D eigenvalue weighted by molar-refractivity contribution is 9.11. The maximum absolute atomic E-state index is 13.0. The standard InChI is InChI=1S/C17H10Br2O6/c1-24-16-11-10(12(18)17(25-2)13(16)19)14(22)7-3-6(5-20)4-8(21)9(7)15(11)23/h3-5,21H,1-2H3. The molecule has 1 N–H and O–H groups in total. The number of hydrogen-bond donors (Lipinski definition) is 1. The second-order valence-corrected chi connectivity index (χ2v) is 6.77. The van der Waals surface area contributed by atoms with Crippen LogP contribution in [0.4, 0.5) is 0 Å². The van der Waals surface area contributed by atoms with Crippen LogP contribution in [0.15, 0.2) is 21.1 Å². The van der Waals surface area contributed by atoms with E-state index < -0.39 is 17.3 Å². The molecule has 25 heavy (non-hydrogen) atoms. The van der Waals surface area contributed by atoms with E-state index >= 15 is 0 Å². The van der Waals surface area contributed by atoms with Crippen molar-refractivity contribution < 1.29 is 29.0 Å². The minimum absolute atomic E-state index is 0.00806. The van der Waals surface area contributed by atoms with Gasteiger partial charge in [0.1, 0.15) is 22.3 Å². The van der Waals surface area contributed by atoms with E-state index in [2.05, 4.69) is 31.9 Å². The molecule has 0 radical (unpaired) electrons. The summed E-state index contributed by atoms with van der Waals surface area (Å²) in [6.45, 7) is 0. The van der Waals surface area contributed by atoms with E-state index in [4.69, 9.17) is 9.47 Å². The van der Waals surface area contributed by atoms with Gasteiger partial charge >= 0.3 is 0 Å². The van der Waals surface area contributed by atoms with Crippen molar-refractivity contribution in [2.24, 2.45) is 0 Å². The summed E-state index contributed by atoms with van der Waals surface area (Å²) in [5.41, 5.74) is -0.0596. The third kappa shape index (κ3) is 2.39. The molecule has 1 aliphatic rings. The number of rotatable bonds is 3. The summed E-state index contributed by atoms with van der Waals surface area (Å²) in [5, 5.41) is 10.2. The fourth-order valence-corrected chi connectivity index (χ4v) is 4.57. The van der Waals surface area contributed by atoms with Gasteiger partial charge in [-0.3, -0.25) is 14.4 Å². The molecule has 0 saturated carbocycles. The number of aldehydes is 1. The molecule has 0 unspecified atom stereocenters. The number of methoxy groups -OCH3 is 2. The molecule has 2 aromatic rings. The van der Waals surface area contributed by atoms with E-state index in [9.17, 15) is 19.5 Å². The molecule has 0 spiro atoms. The lowest BCUT2D eigenvalue weighted by Crippen LogP contribution is -2.23. The molecular weight excluding hydrogens is 460 g/mol. The van der Waals surface area contributed by atoms with Crippen LogP contribution in [-0.2, 0) is 0 Å². The molecule has 0 fully saturated rings. The summed E-state index contributed by atoms with van der Waals surface area (Å²) < 4.78 is 11.2. The second kappa shape index (κ2) is 6.27. The largest absolute Gasteiger partial charge is 0.507 e. The molecule has 6 nitrogen and oxygen atoms in total. The molecule has 0 atom stereocenters. The molecule has 0 saturated heterocycles. The summed E-state index contributed by atoms with van der Waals surface area (Å²) in [5.74, 6) is -1.14. The zero-order valence-electron chi connectivity index (χ0n) is 13.0. The molecule has 0 aromatic heterocycles. The first-order valence-corrected chi connectivity index (χ1v) is 8.50. The van der Waals surface area contributed by atoms with Crippen molar-refractivity contribution in [3.8, 4) is 17.2 Å². The van der Waals surface area contributed by atoms with E-state index in [0.29, 0.717) is 10.8 Å². The first-order chi connectivity index (χ1) is 11.9. The van der Waals surface area contributed by atoms with Crippen LogP contribution in [0.3, 0.4) is 0 Å². The second-order valence-electron chi connectivity index (χ2n) is 5.18. The zero-order valence-corrected chi connectivity index (χ0v) is 16.1. The van der Waals surface area contributed by atoms with Crippen LogP contribution >= 0.6 is 31.9 Å². The number of benzene rings is 2. The van der Waals surface area contributed by atoms with Crippen molar-refractivity contribution in [2.45, 2.75) is 0 Å². The van der Waals surface area contributed by atoms with Crippen molar-refractivity contribution in [1.82, 2.24) is 0 Å². The summed E-state index contributed by atoms with van der Waals surface area (Å²) in [6, 6.07) is 2.42. The van der Waals surface area contributed by atoms with E-state index in [1.54, 1.807) is 0 Å². The highest BCUT2D eigenvalue weighted by Crippen LogP contribution is 2.49. The summed E-state index contributed by atoms with van der Waals surface area (Å²) in [6.07, 6.45) is 0.491. The Morgan fingerprint density at radius 2 is 1.56 bits per heavy atom. The minimum Gasteiger partial charge on any atom is -0.507 e. The molecule has 0 aliphatic heterocycles. The summed E-state index contributed by atoms with van der Waals surface area (Å²) in [7, 11) is 2.77. The maximum atomic E-state index is 13.0. The smallest absolute Gasteiger partial charge is 0.202 e. The van der Waals surface area contributed by atoms with Crippen molar-refractivity contribution in [2.75, 3.05) is 14.2 Å². The van der Waals surface area contributed by atoms with Gasteiger partial charge in [-0.25, -0.2) is 0 Å². The lowest BCUT2D eigenvalue weighted by Gasteiger charge is -2.24. The third-order valence-electron chi connectivity index (χ3n) is 3.90. The maximum Gasteiger partial charge on any atom is 0.202 e. The highest BCUT2D eigenvalue weighted by atomic mass is 79.9. The van der Waals surface area contributed by atoms with Crippen LogP contribution in [0.5, 0.6) is 17.2 Å². The van der Waals surface area contributed by atoms with E-state index in [1.165, 1.54) is 20.3 Å². The lowest BCUT2D eigenvalue weighted by molar-refractivity contribution is 0.0972. The number of carbonyl (C=O) groups excluding carboxylic acids is 3. The fourth-order valence-electron chi connectivity index (χ4n) is 2.84. The van der Waals surface area contributed by atoms with Crippen LogP contribution < -0.4 is 9.47 Å². The van der Waals surface area contributed by atoms with Gasteiger partial charge in [0.05, 0.1) is 35.4 Å². The van der Waals surface area contributed by atoms with Crippen LogP contribution in [0.25, 0.3) is 0 Å². The topological polar surface area (TPSA) is 89.9 Å². The van der Waals surface area contributed by atoms with Gasteiger partial charge in [-0.15, -0.1) is 0 Å². The normalized spacial score (nSPS) is 12.5. The van der Waals surface area contributed by atoms with Crippen LogP contribution in [-0.4, -0.2) is 37.2 Å². The number of fused-ring (bicyclic) bond motifs is 2. The Hall–Kier alpha value is -2.19. The Morgan fingerprint density at radius 1 is 0.920 bits per heavy atom. The Balaban J connectivity index is 2.46. The Kier molecular flexibility index (Phi) is 4.42. The molecule has 0 bridgehead atoms. The predicted molar refractivity (Wildman–Crippen MR) is 95.3 cm³/mol. The van der Waals surface area contributed by atoms with E-state index in [0.717, 1.165) is 6.07 Å². The number of phenols is 1. The van der Waals surface area contributed by atoms with Gasteiger partial charge in [0.2, 0.25) is 5.78 Å². The van der Waals surface area contributed by atoms with E-state index in [1.807, 2.05) is 0 Å². The molecule has 0 heterocycles. The van der Waals surface area contributed by atoms with Crippen LogP contribution in [0.2, 0.25) is 0 Å². The van der Waals surface area contributed by atoms with Gasteiger partial charge < -0.3 is 14.6 Å². The highest BCUT2D eigenvalue weighted by Gasteiger charge is 2.39. The summed E-state index contributed by atoms with van der Waals surface area (Å²) in [4.78, 5) is 37.0. The van der Waals surface area contributed by atoms with Gasteiger partial charge in [-0.05, 0) is 44.0 Å². The SMILES string of the molecule is COc1c(Br)c(OC)c2c(c1Br)C(=O)c1cc(C=O)cc(O)c1C2=O. The van der Waals surface area contributed by atoms with Gasteiger partial charge in [-0.1, -0.05) is 0 Å². The third-order valence-corrected chi connectivity index (χ3v) is 5.38. The number of phenolic OH excluding ortho intramolecular Hbond substituents is 1. The summed E-state index contributed by atoms with van der Waals surface area (Å²) >= 11 is 6.61. The Bertz CT molecular complexity index is 965. The van der Waals surface area contributed by atoms with Crippen molar-refractivity contribution in [3.05, 3.63) is 48.9 Å². The predicted octanol–water partition coefficient (Wildman–Crippen LogP) is 3.52. The number of halogens is 2. The van der Waals surface area contributed by atoms with Crippen molar-refractivity contribution in [3.63, 3.8) is 0 Å². The first kappa shape index (κ1) is 17.6. The van der Waals surface area contributed by atoms with Gasteiger partial charge in [0, 0.05) is 11.1 Å². The minimum atomic E-state index is -0.583. The molecule has 0 amide bonds. The quantitative estimate of drug-likeness (QED) is 0.590. The fraction of sp³-hybridized carbons (Fsp3) is 0.118. The number of ether oxygens (including phenoxy) is 2. The number of carbonyl (C=O) groups is 3. The lowest BCUT2D eigenvalue weighted by atomic mass is 9.82.